The zero-order valence-electron chi connectivity index (χ0n) is 10.4. The average Bonchev–Trinajstić information content (AvgIpc) is 2.30. The first-order valence-electron chi connectivity index (χ1n) is 5.87. The second kappa shape index (κ2) is 5.86. The number of nitrogens with zero attached hydrogens (tertiary/aromatic N) is 3. The van der Waals surface area contributed by atoms with Crippen LogP contribution in [-0.2, 0) is 4.79 Å². The van der Waals surface area contributed by atoms with Gasteiger partial charge in [-0.3, -0.25) is 4.79 Å². The third kappa shape index (κ3) is 3.49. The van der Waals surface area contributed by atoms with E-state index in [1.807, 2.05) is 6.07 Å². The molecule has 0 bridgehead atoms. The lowest BCUT2D eigenvalue weighted by Gasteiger charge is -2.31. The first-order valence-corrected chi connectivity index (χ1v) is 5.87. The molecule has 1 fully saturated rings. The Hall–Kier alpha value is -1.08. The van der Waals surface area contributed by atoms with E-state index < -0.39 is 5.92 Å². The minimum Gasteiger partial charge on any atom is -0.344 e. The van der Waals surface area contributed by atoms with Crippen LogP contribution in [0.1, 0.15) is 19.8 Å². The van der Waals surface area contributed by atoms with Gasteiger partial charge in [0, 0.05) is 13.6 Å². The van der Waals surface area contributed by atoms with E-state index in [0.717, 1.165) is 32.5 Å². The number of likely N-dealkylation sites (tertiary alicyclic amines) is 1. The number of carbonyl (C=O) groups excluding carboxylic acids is 1. The zero-order valence-corrected chi connectivity index (χ0v) is 10.4. The fourth-order valence-corrected chi connectivity index (χ4v) is 2.11. The molecule has 0 spiro atoms. The first-order chi connectivity index (χ1) is 7.54. The minimum atomic E-state index is -0.517. The maximum Gasteiger partial charge on any atom is 0.239 e. The molecule has 1 atom stereocenters. The Bertz CT molecular complexity index is 276. The SMILES string of the molecule is CC(C#N)C(=O)N(C)CC1CCN(C)CC1. The van der Waals surface area contributed by atoms with Gasteiger partial charge >= 0.3 is 0 Å². The molecular weight excluding hydrogens is 202 g/mol. The molecule has 0 aromatic heterocycles. The number of piperidine rings is 1. The van der Waals surface area contributed by atoms with Crippen molar-refractivity contribution in [1.82, 2.24) is 9.80 Å². The van der Waals surface area contributed by atoms with Crippen LogP contribution in [0.25, 0.3) is 0 Å². The molecule has 0 saturated carbocycles. The van der Waals surface area contributed by atoms with Crippen molar-refractivity contribution in [3.8, 4) is 6.07 Å². The van der Waals surface area contributed by atoms with E-state index in [9.17, 15) is 4.79 Å². The van der Waals surface area contributed by atoms with Crippen LogP contribution in [0.4, 0.5) is 0 Å². The van der Waals surface area contributed by atoms with E-state index >= 15 is 0 Å². The third-order valence-corrected chi connectivity index (χ3v) is 3.31. The highest BCUT2D eigenvalue weighted by Crippen LogP contribution is 2.17. The Kier molecular flexibility index (Phi) is 4.75. The molecule has 90 valence electrons. The Morgan fingerprint density at radius 3 is 2.62 bits per heavy atom. The second-order valence-electron chi connectivity index (χ2n) is 4.82. The van der Waals surface area contributed by atoms with Crippen molar-refractivity contribution in [2.24, 2.45) is 11.8 Å². The first kappa shape index (κ1) is 13.0. The van der Waals surface area contributed by atoms with Crippen LogP contribution in [-0.4, -0.2) is 49.4 Å². The fourth-order valence-electron chi connectivity index (χ4n) is 2.11. The van der Waals surface area contributed by atoms with Crippen molar-refractivity contribution < 1.29 is 4.79 Å². The highest BCUT2D eigenvalue weighted by Gasteiger charge is 2.22. The normalized spacial score (nSPS) is 20.1. The molecule has 1 unspecified atom stereocenters. The maximum absolute atomic E-state index is 11.7. The molecule has 1 saturated heterocycles. The number of hydrogen-bond donors (Lipinski definition) is 0. The van der Waals surface area contributed by atoms with Crippen molar-refractivity contribution in [3.63, 3.8) is 0 Å². The molecule has 0 aliphatic carbocycles. The number of amides is 1. The molecule has 4 nitrogen and oxygen atoms in total. The van der Waals surface area contributed by atoms with E-state index in [1.54, 1.807) is 18.9 Å². The topological polar surface area (TPSA) is 47.3 Å². The van der Waals surface area contributed by atoms with Crippen molar-refractivity contribution in [3.05, 3.63) is 0 Å². The van der Waals surface area contributed by atoms with E-state index in [0.29, 0.717) is 5.92 Å². The Morgan fingerprint density at radius 1 is 1.56 bits per heavy atom. The maximum atomic E-state index is 11.7. The highest BCUT2D eigenvalue weighted by molar-refractivity contribution is 5.80. The quantitative estimate of drug-likeness (QED) is 0.715. The lowest BCUT2D eigenvalue weighted by molar-refractivity contribution is -0.132. The lowest BCUT2D eigenvalue weighted by atomic mass is 9.96. The van der Waals surface area contributed by atoms with Crippen LogP contribution in [0, 0.1) is 23.2 Å². The van der Waals surface area contributed by atoms with Crippen LogP contribution in [0.5, 0.6) is 0 Å². The standard InChI is InChI=1S/C12H21N3O/c1-10(8-13)12(16)15(3)9-11-4-6-14(2)7-5-11/h10-11H,4-7,9H2,1-3H3. The summed E-state index contributed by atoms with van der Waals surface area (Å²) >= 11 is 0. The van der Waals surface area contributed by atoms with Crippen LogP contribution in [0.2, 0.25) is 0 Å². The predicted octanol–water partition coefficient (Wildman–Crippen LogP) is 0.946. The summed E-state index contributed by atoms with van der Waals surface area (Å²) in [7, 11) is 3.93. The molecule has 1 aliphatic rings. The smallest absolute Gasteiger partial charge is 0.239 e. The second-order valence-corrected chi connectivity index (χ2v) is 4.82. The highest BCUT2D eigenvalue weighted by atomic mass is 16.2. The van der Waals surface area contributed by atoms with Crippen molar-refractivity contribution in [2.45, 2.75) is 19.8 Å². The van der Waals surface area contributed by atoms with Gasteiger partial charge in [-0.15, -0.1) is 0 Å². The van der Waals surface area contributed by atoms with Gasteiger partial charge in [0.15, 0.2) is 0 Å². The predicted molar refractivity (Wildman–Crippen MR) is 62.6 cm³/mol. The van der Waals surface area contributed by atoms with Gasteiger partial charge in [0.2, 0.25) is 5.91 Å². The molecule has 0 aromatic carbocycles. The van der Waals surface area contributed by atoms with E-state index in [4.69, 9.17) is 5.26 Å². The van der Waals surface area contributed by atoms with Gasteiger partial charge in [0.05, 0.1) is 6.07 Å². The van der Waals surface area contributed by atoms with Gasteiger partial charge in [0.1, 0.15) is 5.92 Å². The van der Waals surface area contributed by atoms with E-state index in [1.165, 1.54) is 0 Å². The van der Waals surface area contributed by atoms with Crippen LogP contribution < -0.4 is 0 Å². The van der Waals surface area contributed by atoms with Gasteiger partial charge in [-0.05, 0) is 45.8 Å². The molecule has 16 heavy (non-hydrogen) atoms. The van der Waals surface area contributed by atoms with E-state index in [-0.39, 0.29) is 5.91 Å². The Labute approximate surface area is 97.8 Å². The summed E-state index contributed by atoms with van der Waals surface area (Å²) < 4.78 is 0. The summed E-state index contributed by atoms with van der Waals surface area (Å²) in [6, 6.07) is 1.99. The summed E-state index contributed by atoms with van der Waals surface area (Å²) in [5, 5.41) is 8.69. The summed E-state index contributed by atoms with van der Waals surface area (Å²) in [4.78, 5) is 15.7. The Morgan fingerprint density at radius 2 is 2.12 bits per heavy atom. The fraction of sp³-hybridized carbons (Fsp3) is 0.833. The molecule has 1 rings (SSSR count). The molecule has 0 radical (unpaired) electrons. The van der Waals surface area contributed by atoms with Crippen molar-refractivity contribution in [1.29, 1.82) is 5.26 Å². The summed E-state index contributed by atoms with van der Waals surface area (Å²) in [6.45, 7) is 4.67. The van der Waals surface area contributed by atoms with Gasteiger partial charge in [0.25, 0.3) is 0 Å². The Balaban J connectivity index is 2.37. The molecule has 4 heteroatoms. The molecular formula is C12H21N3O. The van der Waals surface area contributed by atoms with Crippen molar-refractivity contribution >= 4 is 5.91 Å². The number of hydrogen-bond acceptors (Lipinski definition) is 3. The summed E-state index contributed by atoms with van der Waals surface area (Å²) in [6.07, 6.45) is 2.30. The van der Waals surface area contributed by atoms with Crippen LogP contribution in [0.15, 0.2) is 0 Å². The molecule has 1 amide bonds. The molecule has 1 aliphatic heterocycles. The van der Waals surface area contributed by atoms with Gasteiger partial charge < -0.3 is 9.80 Å². The summed E-state index contributed by atoms with van der Waals surface area (Å²) in [5.74, 6) is 0.0220. The average molecular weight is 223 g/mol. The number of carbonyl (C=O) groups is 1. The third-order valence-electron chi connectivity index (χ3n) is 3.31. The number of nitriles is 1. The van der Waals surface area contributed by atoms with Crippen molar-refractivity contribution in [2.75, 3.05) is 33.7 Å². The van der Waals surface area contributed by atoms with Crippen LogP contribution in [0.3, 0.4) is 0 Å². The molecule has 0 N–H and O–H groups in total. The largest absolute Gasteiger partial charge is 0.344 e. The lowest BCUT2D eigenvalue weighted by Crippen LogP contribution is -2.39. The molecule has 0 aromatic rings. The minimum absolute atomic E-state index is 0.0542. The monoisotopic (exact) mass is 223 g/mol. The molecule has 1 heterocycles. The summed E-state index contributed by atoms with van der Waals surface area (Å²) in [5.41, 5.74) is 0. The van der Waals surface area contributed by atoms with Gasteiger partial charge in [-0.2, -0.15) is 5.26 Å². The van der Waals surface area contributed by atoms with Gasteiger partial charge in [-0.25, -0.2) is 0 Å². The zero-order chi connectivity index (χ0) is 12.1. The van der Waals surface area contributed by atoms with Gasteiger partial charge in [-0.1, -0.05) is 0 Å². The number of rotatable bonds is 3. The van der Waals surface area contributed by atoms with Crippen LogP contribution >= 0.6 is 0 Å². The van der Waals surface area contributed by atoms with E-state index in [2.05, 4.69) is 11.9 Å².